The fourth-order valence-electron chi connectivity index (χ4n) is 3.10. The molecular weight excluding hydrogens is 238 g/mol. The van der Waals surface area contributed by atoms with Gasteiger partial charge in [0.2, 0.25) is 5.91 Å². The van der Waals surface area contributed by atoms with Crippen molar-refractivity contribution in [3.63, 3.8) is 0 Å². The Kier molecular flexibility index (Phi) is 3.67. The zero-order valence-corrected chi connectivity index (χ0v) is 11.3. The molecule has 2 aliphatic rings. The molecule has 4 heteroatoms. The number of pyridine rings is 1. The molecule has 0 aromatic carbocycles. The van der Waals surface area contributed by atoms with E-state index in [0.29, 0.717) is 0 Å². The maximum absolute atomic E-state index is 12.2. The van der Waals surface area contributed by atoms with Crippen LogP contribution in [0.2, 0.25) is 0 Å². The summed E-state index contributed by atoms with van der Waals surface area (Å²) >= 11 is 0. The van der Waals surface area contributed by atoms with Crippen LogP contribution in [0.15, 0.2) is 18.3 Å². The topological polar surface area (TPSA) is 45.2 Å². The number of anilines is 2. The Morgan fingerprint density at radius 1 is 1.21 bits per heavy atom. The number of nitrogens with zero attached hydrogens (tertiary/aromatic N) is 2. The van der Waals surface area contributed by atoms with Crippen molar-refractivity contribution in [1.82, 2.24) is 4.98 Å². The van der Waals surface area contributed by atoms with Gasteiger partial charge in [0.05, 0.1) is 5.69 Å². The van der Waals surface area contributed by atoms with Gasteiger partial charge in [-0.1, -0.05) is 12.8 Å². The van der Waals surface area contributed by atoms with E-state index in [-0.39, 0.29) is 11.8 Å². The Hall–Kier alpha value is -1.58. The highest BCUT2D eigenvalue weighted by Gasteiger charge is 2.24. The van der Waals surface area contributed by atoms with Crippen molar-refractivity contribution in [1.29, 1.82) is 0 Å². The SMILES string of the molecule is O=C(Nc1cccnc1N1CCCC1)C1CCCC1. The van der Waals surface area contributed by atoms with Crippen molar-refractivity contribution < 1.29 is 4.79 Å². The van der Waals surface area contributed by atoms with Gasteiger partial charge in [0, 0.05) is 25.2 Å². The fourth-order valence-corrected chi connectivity index (χ4v) is 3.10. The first kappa shape index (κ1) is 12.5. The monoisotopic (exact) mass is 259 g/mol. The molecule has 0 bridgehead atoms. The smallest absolute Gasteiger partial charge is 0.227 e. The Bertz CT molecular complexity index is 448. The summed E-state index contributed by atoms with van der Waals surface area (Å²) in [6.45, 7) is 2.09. The van der Waals surface area contributed by atoms with Gasteiger partial charge in [-0.3, -0.25) is 4.79 Å². The summed E-state index contributed by atoms with van der Waals surface area (Å²) < 4.78 is 0. The number of amides is 1. The largest absolute Gasteiger partial charge is 0.355 e. The highest BCUT2D eigenvalue weighted by molar-refractivity contribution is 5.95. The number of nitrogens with one attached hydrogen (secondary N) is 1. The molecule has 1 amide bonds. The van der Waals surface area contributed by atoms with Crippen molar-refractivity contribution >= 4 is 17.4 Å². The molecule has 0 unspecified atom stereocenters. The van der Waals surface area contributed by atoms with Gasteiger partial charge < -0.3 is 10.2 Å². The molecule has 1 aromatic heterocycles. The van der Waals surface area contributed by atoms with Crippen LogP contribution in [-0.4, -0.2) is 24.0 Å². The second kappa shape index (κ2) is 5.59. The molecule has 102 valence electrons. The van der Waals surface area contributed by atoms with E-state index in [1.54, 1.807) is 6.20 Å². The zero-order chi connectivity index (χ0) is 13.1. The minimum Gasteiger partial charge on any atom is -0.355 e. The van der Waals surface area contributed by atoms with Crippen molar-refractivity contribution in [3.8, 4) is 0 Å². The maximum atomic E-state index is 12.2. The van der Waals surface area contributed by atoms with Crippen LogP contribution in [0.4, 0.5) is 11.5 Å². The van der Waals surface area contributed by atoms with Crippen LogP contribution >= 0.6 is 0 Å². The molecule has 19 heavy (non-hydrogen) atoms. The van der Waals surface area contributed by atoms with Crippen LogP contribution in [0.25, 0.3) is 0 Å². The van der Waals surface area contributed by atoms with Crippen LogP contribution in [0.3, 0.4) is 0 Å². The number of carbonyl (C=O) groups is 1. The molecule has 1 N–H and O–H groups in total. The third-order valence-corrected chi connectivity index (χ3v) is 4.18. The summed E-state index contributed by atoms with van der Waals surface area (Å²) in [7, 11) is 0. The molecule has 3 rings (SSSR count). The van der Waals surface area contributed by atoms with Crippen molar-refractivity contribution in [2.24, 2.45) is 5.92 Å². The summed E-state index contributed by atoms with van der Waals surface area (Å²) in [4.78, 5) is 18.9. The first-order valence-electron chi connectivity index (χ1n) is 7.35. The second-order valence-corrected chi connectivity index (χ2v) is 5.54. The van der Waals surface area contributed by atoms with Crippen LogP contribution in [0.1, 0.15) is 38.5 Å². The summed E-state index contributed by atoms with van der Waals surface area (Å²) in [6.07, 6.45) is 8.67. The summed E-state index contributed by atoms with van der Waals surface area (Å²) in [5.74, 6) is 1.31. The van der Waals surface area contributed by atoms with Gasteiger partial charge in [0.1, 0.15) is 0 Å². The first-order chi connectivity index (χ1) is 9.34. The zero-order valence-electron chi connectivity index (χ0n) is 11.3. The van der Waals surface area contributed by atoms with Crippen molar-refractivity contribution in [2.45, 2.75) is 38.5 Å². The molecule has 2 heterocycles. The van der Waals surface area contributed by atoms with Gasteiger partial charge in [-0.05, 0) is 37.8 Å². The van der Waals surface area contributed by atoms with Crippen molar-refractivity contribution in [3.05, 3.63) is 18.3 Å². The fraction of sp³-hybridized carbons (Fsp3) is 0.600. The molecule has 1 aromatic rings. The van der Waals surface area contributed by atoms with E-state index >= 15 is 0 Å². The summed E-state index contributed by atoms with van der Waals surface area (Å²) in [5, 5.41) is 3.09. The molecular formula is C15H21N3O. The van der Waals surface area contributed by atoms with E-state index < -0.39 is 0 Å². The third-order valence-electron chi connectivity index (χ3n) is 4.18. The summed E-state index contributed by atoms with van der Waals surface area (Å²) in [6, 6.07) is 3.86. The molecule has 4 nitrogen and oxygen atoms in total. The molecule has 1 saturated carbocycles. The quantitative estimate of drug-likeness (QED) is 0.908. The van der Waals surface area contributed by atoms with Crippen LogP contribution < -0.4 is 10.2 Å². The van der Waals surface area contributed by atoms with Crippen LogP contribution in [-0.2, 0) is 4.79 Å². The molecule has 2 fully saturated rings. The Morgan fingerprint density at radius 3 is 2.68 bits per heavy atom. The lowest BCUT2D eigenvalue weighted by Gasteiger charge is -2.20. The van der Waals surface area contributed by atoms with Crippen LogP contribution in [0, 0.1) is 5.92 Å². The van der Waals surface area contributed by atoms with Crippen molar-refractivity contribution in [2.75, 3.05) is 23.3 Å². The lowest BCUT2D eigenvalue weighted by atomic mass is 10.1. The lowest BCUT2D eigenvalue weighted by Crippen LogP contribution is -2.24. The number of hydrogen-bond donors (Lipinski definition) is 1. The summed E-state index contributed by atoms with van der Waals surface area (Å²) in [5.41, 5.74) is 0.876. The van der Waals surface area contributed by atoms with Gasteiger partial charge in [-0.25, -0.2) is 4.98 Å². The van der Waals surface area contributed by atoms with E-state index in [1.807, 2.05) is 12.1 Å². The van der Waals surface area contributed by atoms with E-state index in [9.17, 15) is 4.79 Å². The number of hydrogen-bond acceptors (Lipinski definition) is 3. The molecule has 0 spiro atoms. The average molecular weight is 259 g/mol. The third kappa shape index (κ3) is 2.72. The van der Waals surface area contributed by atoms with E-state index in [1.165, 1.54) is 25.7 Å². The molecule has 1 aliphatic carbocycles. The van der Waals surface area contributed by atoms with E-state index in [4.69, 9.17) is 0 Å². The number of aromatic nitrogens is 1. The minimum absolute atomic E-state index is 0.172. The lowest BCUT2D eigenvalue weighted by molar-refractivity contribution is -0.119. The highest BCUT2D eigenvalue weighted by atomic mass is 16.1. The molecule has 0 radical (unpaired) electrons. The first-order valence-corrected chi connectivity index (χ1v) is 7.35. The van der Waals surface area contributed by atoms with Gasteiger partial charge >= 0.3 is 0 Å². The normalized spacial score (nSPS) is 19.9. The van der Waals surface area contributed by atoms with Gasteiger partial charge in [0.25, 0.3) is 0 Å². The second-order valence-electron chi connectivity index (χ2n) is 5.54. The Labute approximate surface area is 114 Å². The Balaban J connectivity index is 1.74. The number of carbonyl (C=O) groups excluding carboxylic acids is 1. The highest BCUT2D eigenvalue weighted by Crippen LogP contribution is 2.29. The molecule has 1 aliphatic heterocycles. The molecule has 1 saturated heterocycles. The predicted molar refractivity (Wildman–Crippen MR) is 76.3 cm³/mol. The van der Waals surface area contributed by atoms with Gasteiger partial charge in [-0.15, -0.1) is 0 Å². The standard InChI is InChI=1S/C15H21N3O/c19-15(12-6-1-2-7-12)17-13-8-5-9-16-14(13)18-10-3-4-11-18/h5,8-9,12H,1-4,6-7,10-11H2,(H,17,19). The Morgan fingerprint density at radius 2 is 1.95 bits per heavy atom. The van der Waals surface area contributed by atoms with E-state index in [2.05, 4.69) is 15.2 Å². The predicted octanol–water partition coefficient (Wildman–Crippen LogP) is 2.81. The van der Waals surface area contributed by atoms with Gasteiger partial charge in [0.15, 0.2) is 5.82 Å². The average Bonchev–Trinajstić information content (AvgIpc) is 3.13. The van der Waals surface area contributed by atoms with E-state index in [0.717, 1.165) is 37.4 Å². The number of rotatable bonds is 3. The maximum Gasteiger partial charge on any atom is 0.227 e. The van der Waals surface area contributed by atoms with Gasteiger partial charge in [-0.2, -0.15) is 0 Å². The molecule has 0 atom stereocenters. The minimum atomic E-state index is 0.172. The van der Waals surface area contributed by atoms with Crippen LogP contribution in [0.5, 0.6) is 0 Å².